The molecule has 136 valence electrons. The number of carbonyl (C=O) groups is 1. The van der Waals surface area contributed by atoms with Crippen molar-refractivity contribution in [2.75, 3.05) is 5.75 Å². The van der Waals surface area contributed by atoms with Gasteiger partial charge in [-0.1, -0.05) is 53.7 Å². The Labute approximate surface area is 164 Å². The van der Waals surface area contributed by atoms with Gasteiger partial charge in [-0.15, -0.1) is 10.2 Å². The van der Waals surface area contributed by atoms with Crippen molar-refractivity contribution in [3.05, 3.63) is 65.3 Å². The molecule has 0 saturated heterocycles. The molecule has 1 amide bonds. The smallest absolute Gasteiger partial charge is 0.277 e. The first-order valence-electron chi connectivity index (χ1n) is 8.23. The fourth-order valence-corrected chi connectivity index (χ4v) is 3.33. The van der Waals surface area contributed by atoms with Gasteiger partial charge >= 0.3 is 0 Å². The van der Waals surface area contributed by atoms with E-state index in [1.165, 1.54) is 11.8 Å². The Balaban J connectivity index is 1.34. The number of nitrogens with zero attached hydrogens (tertiary/aromatic N) is 2. The summed E-state index contributed by atoms with van der Waals surface area (Å²) in [5.41, 5.74) is 2.83. The summed E-state index contributed by atoms with van der Waals surface area (Å²) in [5.74, 6) is 0.515. The average molecular weight is 399 g/mol. The van der Waals surface area contributed by atoms with Crippen molar-refractivity contribution in [3.63, 3.8) is 0 Å². The van der Waals surface area contributed by atoms with Gasteiger partial charge in [0.25, 0.3) is 11.1 Å². The number of benzene rings is 2. The van der Waals surface area contributed by atoms with Crippen LogP contribution in [0.5, 0.6) is 0 Å². The maximum absolute atomic E-state index is 12.0. The standard InChI is InChI=1S/C19H15ClN4O2S/c20-13-7-5-12(6-8-13)9-22-17(25)11-27-19-24-23-18(26-19)15-10-21-16-4-2-1-3-14(15)16/h1-8,10,21H,9,11H2,(H,22,25). The van der Waals surface area contributed by atoms with Crippen LogP contribution in [0, 0.1) is 0 Å². The van der Waals surface area contributed by atoms with Crippen LogP contribution in [0.3, 0.4) is 0 Å². The largest absolute Gasteiger partial charge is 0.411 e. The minimum absolute atomic E-state index is 0.109. The van der Waals surface area contributed by atoms with Crippen LogP contribution in [0.15, 0.2) is 64.4 Å². The molecule has 0 aliphatic rings. The molecule has 2 aromatic carbocycles. The Morgan fingerprint density at radius 1 is 1.15 bits per heavy atom. The number of hydrogen-bond acceptors (Lipinski definition) is 5. The number of para-hydroxylation sites is 1. The molecular weight excluding hydrogens is 384 g/mol. The van der Waals surface area contributed by atoms with Crippen LogP contribution in [-0.2, 0) is 11.3 Å². The van der Waals surface area contributed by atoms with Gasteiger partial charge in [0.2, 0.25) is 5.91 Å². The quantitative estimate of drug-likeness (QED) is 0.473. The van der Waals surface area contributed by atoms with Gasteiger partial charge in [-0.2, -0.15) is 0 Å². The van der Waals surface area contributed by atoms with Crippen molar-refractivity contribution < 1.29 is 9.21 Å². The molecule has 0 aliphatic carbocycles. The third-order valence-corrected chi connectivity index (χ3v) is 5.03. The summed E-state index contributed by atoms with van der Waals surface area (Å²) in [6.45, 7) is 0.445. The number of aromatic amines is 1. The zero-order valence-electron chi connectivity index (χ0n) is 14.1. The lowest BCUT2D eigenvalue weighted by atomic mass is 10.2. The first kappa shape index (κ1) is 17.6. The van der Waals surface area contributed by atoms with Crippen LogP contribution in [0.2, 0.25) is 5.02 Å². The third kappa shape index (κ3) is 4.15. The van der Waals surface area contributed by atoms with E-state index in [0.29, 0.717) is 22.7 Å². The minimum atomic E-state index is -0.109. The molecule has 8 heteroatoms. The first-order chi connectivity index (χ1) is 13.2. The van der Waals surface area contributed by atoms with Crippen LogP contribution >= 0.6 is 23.4 Å². The lowest BCUT2D eigenvalue weighted by molar-refractivity contribution is -0.118. The summed E-state index contributed by atoms with van der Waals surface area (Å²) in [6, 6.07) is 15.2. The fraction of sp³-hybridized carbons (Fsp3) is 0.105. The van der Waals surface area contributed by atoms with Crippen LogP contribution < -0.4 is 5.32 Å². The average Bonchev–Trinajstić information content (AvgIpc) is 3.32. The summed E-state index contributed by atoms with van der Waals surface area (Å²) in [5, 5.41) is 13.0. The highest BCUT2D eigenvalue weighted by Gasteiger charge is 2.14. The van der Waals surface area contributed by atoms with Crippen molar-refractivity contribution in [2.24, 2.45) is 0 Å². The van der Waals surface area contributed by atoms with Crippen LogP contribution in [0.4, 0.5) is 0 Å². The Kier molecular flexibility index (Phi) is 5.13. The molecule has 0 spiro atoms. The maximum atomic E-state index is 12.0. The number of hydrogen-bond donors (Lipinski definition) is 2. The highest BCUT2D eigenvalue weighted by molar-refractivity contribution is 7.99. The predicted molar refractivity (Wildman–Crippen MR) is 106 cm³/mol. The molecule has 0 unspecified atom stereocenters. The second kappa shape index (κ2) is 7.85. The van der Waals surface area contributed by atoms with E-state index in [0.717, 1.165) is 22.0 Å². The van der Waals surface area contributed by atoms with E-state index in [4.69, 9.17) is 16.0 Å². The molecule has 0 radical (unpaired) electrons. The van der Waals surface area contributed by atoms with Crippen molar-refractivity contribution in [1.29, 1.82) is 0 Å². The van der Waals surface area contributed by atoms with Crippen molar-refractivity contribution >= 4 is 40.2 Å². The molecule has 2 N–H and O–H groups in total. The number of thioether (sulfide) groups is 1. The fourth-order valence-electron chi connectivity index (χ4n) is 2.61. The van der Waals surface area contributed by atoms with Gasteiger partial charge in [-0.3, -0.25) is 4.79 Å². The van der Waals surface area contributed by atoms with E-state index in [9.17, 15) is 4.79 Å². The summed E-state index contributed by atoms with van der Waals surface area (Å²) in [7, 11) is 0. The van der Waals surface area contributed by atoms with Gasteiger partial charge in [0.1, 0.15) is 0 Å². The summed E-state index contributed by atoms with van der Waals surface area (Å²) in [6.07, 6.45) is 1.84. The highest BCUT2D eigenvalue weighted by Crippen LogP contribution is 2.29. The SMILES string of the molecule is O=C(CSc1nnc(-c2c[nH]c3ccccc23)o1)NCc1ccc(Cl)cc1. The number of nitrogens with one attached hydrogen (secondary N) is 2. The van der Waals surface area contributed by atoms with E-state index < -0.39 is 0 Å². The van der Waals surface area contributed by atoms with Gasteiger partial charge in [-0.25, -0.2) is 0 Å². The van der Waals surface area contributed by atoms with E-state index in [2.05, 4.69) is 20.5 Å². The summed E-state index contributed by atoms with van der Waals surface area (Å²) >= 11 is 7.05. The Morgan fingerprint density at radius 3 is 2.81 bits per heavy atom. The number of amides is 1. The first-order valence-corrected chi connectivity index (χ1v) is 9.59. The van der Waals surface area contributed by atoms with Crippen LogP contribution in [0.25, 0.3) is 22.4 Å². The maximum Gasteiger partial charge on any atom is 0.277 e. The second-order valence-corrected chi connectivity index (χ2v) is 7.18. The van der Waals surface area contributed by atoms with Crippen LogP contribution in [-0.4, -0.2) is 26.8 Å². The topological polar surface area (TPSA) is 83.8 Å². The molecule has 0 saturated carbocycles. The number of rotatable bonds is 6. The zero-order chi connectivity index (χ0) is 18.6. The molecule has 4 aromatic rings. The van der Waals surface area contributed by atoms with Crippen molar-refractivity contribution in [1.82, 2.24) is 20.5 Å². The summed E-state index contributed by atoms with van der Waals surface area (Å²) < 4.78 is 5.69. The predicted octanol–water partition coefficient (Wildman–Crippen LogP) is 4.28. The van der Waals surface area contributed by atoms with E-state index in [-0.39, 0.29) is 11.7 Å². The van der Waals surface area contributed by atoms with Gasteiger partial charge in [0.05, 0.1) is 11.3 Å². The normalized spacial score (nSPS) is 11.0. The van der Waals surface area contributed by atoms with Crippen LogP contribution in [0.1, 0.15) is 5.56 Å². The molecule has 2 aromatic heterocycles. The molecule has 27 heavy (non-hydrogen) atoms. The van der Waals surface area contributed by atoms with Gasteiger partial charge in [0, 0.05) is 28.7 Å². The van der Waals surface area contributed by atoms with Gasteiger partial charge in [-0.05, 0) is 23.8 Å². The molecule has 0 fully saturated rings. The molecule has 0 bridgehead atoms. The molecule has 0 atom stereocenters. The number of aromatic nitrogens is 3. The number of H-pyrrole nitrogens is 1. The highest BCUT2D eigenvalue weighted by atomic mass is 35.5. The van der Waals surface area contributed by atoms with Crippen molar-refractivity contribution in [3.8, 4) is 11.5 Å². The zero-order valence-corrected chi connectivity index (χ0v) is 15.7. The Morgan fingerprint density at radius 2 is 1.96 bits per heavy atom. The Hall–Kier alpha value is -2.77. The molecule has 0 aliphatic heterocycles. The molecule has 2 heterocycles. The third-order valence-electron chi connectivity index (χ3n) is 3.96. The van der Waals surface area contributed by atoms with Crippen molar-refractivity contribution in [2.45, 2.75) is 11.8 Å². The molecular formula is C19H15ClN4O2S. The van der Waals surface area contributed by atoms with Gasteiger partial charge < -0.3 is 14.7 Å². The minimum Gasteiger partial charge on any atom is -0.411 e. The Bertz CT molecular complexity index is 1070. The summed E-state index contributed by atoms with van der Waals surface area (Å²) in [4.78, 5) is 15.2. The van der Waals surface area contributed by atoms with Gasteiger partial charge in [0.15, 0.2) is 0 Å². The monoisotopic (exact) mass is 398 g/mol. The van der Waals surface area contributed by atoms with E-state index >= 15 is 0 Å². The molecule has 6 nitrogen and oxygen atoms in total. The lowest BCUT2D eigenvalue weighted by Gasteiger charge is -2.04. The number of halogens is 1. The lowest BCUT2D eigenvalue weighted by Crippen LogP contribution is -2.24. The second-order valence-electron chi connectivity index (χ2n) is 5.81. The van der Waals surface area contributed by atoms with E-state index in [1.54, 1.807) is 12.1 Å². The number of fused-ring (bicyclic) bond motifs is 1. The molecule has 4 rings (SSSR count). The van der Waals surface area contributed by atoms with E-state index in [1.807, 2.05) is 42.6 Å². The number of carbonyl (C=O) groups excluding carboxylic acids is 1.